The average Bonchev–Trinajstić information content (AvgIpc) is 3.54. The van der Waals surface area contributed by atoms with Gasteiger partial charge in [0, 0.05) is 32.9 Å². The lowest BCUT2D eigenvalue weighted by Crippen LogP contribution is -2.10. The number of furan rings is 1. The zero-order valence-corrected chi connectivity index (χ0v) is 26.1. The number of anilines is 3. The highest BCUT2D eigenvalue weighted by molar-refractivity contribution is 6.24. The van der Waals surface area contributed by atoms with E-state index in [1.165, 1.54) is 48.8 Å². The highest BCUT2D eigenvalue weighted by atomic mass is 16.3. The van der Waals surface area contributed by atoms with Crippen molar-refractivity contribution in [1.82, 2.24) is 0 Å². The Morgan fingerprint density at radius 2 is 0.958 bits per heavy atom. The van der Waals surface area contributed by atoms with E-state index in [4.69, 9.17) is 4.42 Å². The van der Waals surface area contributed by atoms with Crippen LogP contribution in [-0.2, 0) is 0 Å². The van der Waals surface area contributed by atoms with E-state index in [1.54, 1.807) is 0 Å². The SMILES string of the molecule is c1ccc(-c2ccc(N(c3ccc4oc5c6ccccc6ccc5c4c3)c3cc4ccc5ccccc5c4c4ccccc34)cc2)cc1. The lowest BCUT2D eigenvalue weighted by Gasteiger charge is -2.28. The fourth-order valence-corrected chi connectivity index (χ4v) is 7.54. The van der Waals surface area contributed by atoms with Crippen LogP contribution in [0.4, 0.5) is 17.1 Å². The topological polar surface area (TPSA) is 16.4 Å². The third-order valence-corrected chi connectivity index (χ3v) is 9.80. The Hall–Kier alpha value is -6.38. The molecule has 0 aliphatic rings. The summed E-state index contributed by atoms with van der Waals surface area (Å²) in [7, 11) is 0. The molecule has 0 radical (unpaired) electrons. The summed E-state index contributed by atoms with van der Waals surface area (Å²) in [5.74, 6) is 0. The van der Waals surface area contributed by atoms with Crippen LogP contribution in [0.5, 0.6) is 0 Å². The van der Waals surface area contributed by atoms with Gasteiger partial charge in [-0.1, -0.05) is 133 Å². The van der Waals surface area contributed by atoms with E-state index in [-0.39, 0.29) is 0 Å². The standard InChI is InChI=1S/C46H29NO/c1-2-10-30(11-3-1)31-20-23-35(24-21-31)47(36-25-27-44-42(29-36)41-26-22-33-13-5-7-15-38(33)46(41)48-44)43-28-34-19-18-32-12-4-6-14-37(32)45(34)40-17-9-8-16-39(40)43/h1-29H. The Balaban J connectivity index is 1.25. The van der Waals surface area contributed by atoms with Crippen LogP contribution in [0, 0.1) is 0 Å². The molecule has 10 rings (SSSR count). The minimum Gasteiger partial charge on any atom is -0.455 e. The molecule has 0 aliphatic heterocycles. The third-order valence-electron chi connectivity index (χ3n) is 9.80. The largest absolute Gasteiger partial charge is 0.455 e. The van der Waals surface area contributed by atoms with Crippen LogP contribution >= 0.6 is 0 Å². The molecule has 1 heterocycles. The molecule has 0 saturated heterocycles. The van der Waals surface area contributed by atoms with Gasteiger partial charge >= 0.3 is 0 Å². The Morgan fingerprint density at radius 1 is 0.354 bits per heavy atom. The van der Waals surface area contributed by atoms with E-state index < -0.39 is 0 Å². The summed E-state index contributed by atoms with van der Waals surface area (Å²) in [6.45, 7) is 0. The van der Waals surface area contributed by atoms with Gasteiger partial charge in [-0.2, -0.15) is 0 Å². The molecule has 0 amide bonds. The predicted molar refractivity (Wildman–Crippen MR) is 204 cm³/mol. The van der Waals surface area contributed by atoms with Crippen molar-refractivity contribution in [3.63, 3.8) is 0 Å². The monoisotopic (exact) mass is 611 g/mol. The van der Waals surface area contributed by atoms with E-state index in [9.17, 15) is 0 Å². The first-order chi connectivity index (χ1) is 23.8. The molecular weight excluding hydrogens is 583 g/mol. The molecule has 0 atom stereocenters. The number of hydrogen-bond acceptors (Lipinski definition) is 2. The molecule has 0 spiro atoms. The fraction of sp³-hybridized carbons (Fsp3) is 0. The quantitative estimate of drug-likeness (QED) is 0.184. The lowest BCUT2D eigenvalue weighted by atomic mass is 9.94. The van der Waals surface area contributed by atoms with Crippen molar-refractivity contribution in [2.45, 2.75) is 0 Å². The molecule has 10 aromatic rings. The number of rotatable bonds is 4. The molecule has 1 aromatic heterocycles. The van der Waals surface area contributed by atoms with E-state index in [0.29, 0.717) is 0 Å². The molecule has 0 N–H and O–H groups in total. The van der Waals surface area contributed by atoms with Crippen LogP contribution in [0.25, 0.3) is 76.2 Å². The van der Waals surface area contributed by atoms with Crippen molar-refractivity contribution >= 4 is 82.1 Å². The van der Waals surface area contributed by atoms with Crippen LogP contribution in [0.3, 0.4) is 0 Å². The van der Waals surface area contributed by atoms with Crippen molar-refractivity contribution in [3.05, 3.63) is 176 Å². The normalized spacial score (nSPS) is 11.8. The van der Waals surface area contributed by atoms with Gasteiger partial charge in [0.15, 0.2) is 0 Å². The van der Waals surface area contributed by atoms with Gasteiger partial charge in [-0.3, -0.25) is 0 Å². The molecular formula is C46H29NO. The Labute approximate surface area is 277 Å². The maximum absolute atomic E-state index is 6.53. The molecule has 2 nitrogen and oxygen atoms in total. The highest BCUT2D eigenvalue weighted by Crippen LogP contribution is 2.45. The summed E-state index contributed by atoms with van der Waals surface area (Å²) < 4.78 is 6.53. The second kappa shape index (κ2) is 10.6. The van der Waals surface area contributed by atoms with Gasteiger partial charge in [-0.15, -0.1) is 0 Å². The number of fused-ring (bicyclic) bond motifs is 10. The minimum atomic E-state index is 0.888. The van der Waals surface area contributed by atoms with Gasteiger partial charge < -0.3 is 9.32 Å². The van der Waals surface area contributed by atoms with Crippen LogP contribution < -0.4 is 4.90 Å². The number of nitrogens with zero attached hydrogens (tertiary/aromatic N) is 1. The summed E-state index contributed by atoms with van der Waals surface area (Å²) in [5.41, 5.74) is 7.53. The number of benzene rings is 9. The first-order valence-electron chi connectivity index (χ1n) is 16.4. The highest BCUT2D eigenvalue weighted by Gasteiger charge is 2.20. The van der Waals surface area contributed by atoms with Crippen LogP contribution in [-0.4, -0.2) is 0 Å². The van der Waals surface area contributed by atoms with Crippen LogP contribution in [0.1, 0.15) is 0 Å². The van der Waals surface area contributed by atoms with E-state index in [1.807, 2.05) is 0 Å². The summed E-state index contributed by atoms with van der Waals surface area (Å²) in [6, 6.07) is 63.3. The van der Waals surface area contributed by atoms with Gasteiger partial charge in [0.2, 0.25) is 0 Å². The smallest absolute Gasteiger partial charge is 0.143 e. The zero-order chi connectivity index (χ0) is 31.6. The Bertz CT molecular complexity index is 2830. The van der Waals surface area contributed by atoms with Gasteiger partial charge in [-0.05, 0) is 85.9 Å². The molecule has 0 bridgehead atoms. The second-order valence-electron chi connectivity index (χ2n) is 12.5. The molecule has 0 aliphatic carbocycles. The van der Waals surface area contributed by atoms with E-state index >= 15 is 0 Å². The molecule has 0 unspecified atom stereocenters. The van der Waals surface area contributed by atoms with Gasteiger partial charge in [0.1, 0.15) is 11.2 Å². The average molecular weight is 612 g/mol. The van der Waals surface area contributed by atoms with Crippen molar-refractivity contribution < 1.29 is 4.42 Å². The molecule has 48 heavy (non-hydrogen) atoms. The molecule has 0 fully saturated rings. The summed E-state index contributed by atoms with van der Waals surface area (Å²) >= 11 is 0. The van der Waals surface area contributed by atoms with Gasteiger partial charge in [0.25, 0.3) is 0 Å². The molecule has 2 heteroatoms. The van der Waals surface area contributed by atoms with Crippen molar-refractivity contribution in [2.24, 2.45) is 0 Å². The third kappa shape index (κ3) is 4.13. The summed E-state index contributed by atoms with van der Waals surface area (Å²) in [5, 5.41) is 12.0. The van der Waals surface area contributed by atoms with E-state index in [2.05, 4.69) is 181 Å². The molecule has 0 saturated carbocycles. The van der Waals surface area contributed by atoms with Crippen LogP contribution in [0.15, 0.2) is 180 Å². The first kappa shape index (κ1) is 26.8. The van der Waals surface area contributed by atoms with E-state index in [0.717, 1.165) is 44.4 Å². The summed E-state index contributed by atoms with van der Waals surface area (Å²) in [4.78, 5) is 2.41. The molecule has 9 aromatic carbocycles. The Morgan fingerprint density at radius 3 is 1.77 bits per heavy atom. The minimum absolute atomic E-state index is 0.888. The second-order valence-corrected chi connectivity index (χ2v) is 12.5. The maximum Gasteiger partial charge on any atom is 0.143 e. The fourth-order valence-electron chi connectivity index (χ4n) is 7.54. The lowest BCUT2D eigenvalue weighted by molar-refractivity contribution is 0.672. The first-order valence-corrected chi connectivity index (χ1v) is 16.4. The van der Waals surface area contributed by atoms with Gasteiger partial charge in [0.05, 0.1) is 5.69 Å². The maximum atomic E-state index is 6.53. The van der Waals surface area contributed by atoms with Crippen molar-refractivity contribution in [1.29, 1.82) is 0 Å². The molecule has 224 valence electrons. The van der Waals surface area contributed by atoms with Crippen molar-refractivity contribution in [2.75, 3.05) is 4.90 Å². The van der Waals surface area contributed by atoms with Crippen molar-refractivity contribution in [3.8, 4) is 11.1 Å². The Kier molecular flexibility index (Phi) is 5.91. The zero-order valence-electron chi connectivity index (χ0n) is 26.1. The number of hydrogen-bond donors (Lipinski definition) is 0. The van der Waals surface area contributed by atoms with Crippen LogP contribution in [0.2, 0.25) is 0 Å². The summed E-state index contributed by atoms with van der Waals surface area (Å²) in [6.07, 6.45) is 0. The van der Waals surface area contributed by atoms with Gasteiger partial charge in [-0.25, -0.2) is 0 Å². The predicted octanol–water partition coefficient (Wildman–Crippen LogP) is 13.3.